The first-order chi connectivity index (χ1) is 10.2. The molecule has 1 saturated heterocycles. The lowest BCUT2D eigenvalue weighted by Gasteiger charge is -2.15. The van der Waals surface area contributed by atoms with Gasteiger partial charge in [-0.25, -0.2) is 0 Å². The number of nitrogens with one attached hydrogen (secondary N) is 2. The van der Waals surface area contributed by atoms with Crippen molar-refractivity contribution >= 4 is 28.9 Å². The van der Waals surface area contributed by atoms with Gasteiger partial charge in [-0.1, -0.05) is 13.3 Å². The van der Waals surface area contributed by atoms with Crippen LogP contribution in [-0.4, -0.2) is 35.6 Å². The molecule has 1 aromatic rings. The van der Waals surface area contributed by atoms with Gasteiger partial charge >= 0.3 is 0 Å². The fourth-order valence-corrected chi connectivity index (χ4v) is 2.57. The fraction of sp³-hybridized carbons (Fsp3) is 0.500. The Kier molecular flexibility index (Phi) is 5.99. The Morgan fingerprint density at radius 3 is 2.52 bits per heavy atom. The highest BCUT2D eigenvalue weighted by molar-refractivity contribution is 7.80. The molecule has 4 nitrogen and oxygen atoms in total. The minimum atomic E-state index is 0.127. The third kappa shape index (κ3) is 4.70. The van der Waals surface area contributed by atoms with Gasteiger partial charge in [-0.15, -0.1) is 0 Å². The van der Waals surface area contributed by atoms with Gasteiger partial charge < -0.3 is 15.5 Å². The van der Waals surface area contributed by atoms with Gasteiger partial charge in [0.1, 0.15) is 0 Å². The van der Waals surface area contributed by atoms with Gasteiger partial charge in [0.05, 0.1) is 0 Å². The standard InChI is InChI=1S/C16H23N3OS/c1-2-3-10-17-16(21)18-14-8-6-13(7-9-14)15(20)19-11-4-5-12-19/h6-9H,2-5,10-12H2,1H3,(H2,17,18,21). The zero-order valence-corrected chi connectivity index (χ0v) is 13.3. The Hall–Kier alpha value is -1.62. The lowest BCUT2D eigenvalue weighted by molar-refractivity contribution is 0.0793. The van der Waals surface area contributed by atoms with E-state index < -0.39 is 0 Å². The maximum Gasteiger partial charge on any atom is 0.253 e. The summed E-state index contributed by atoms with van der Waals surface area (Å²) in [5.41, 5.74) is 1.65. The van der Waals surface area contributed by atoms with Crippen LogP contribution in [0, 0.1) is 0 Å². The quantitative estimate of drug-likeness (QED) is 0.648. The van der Waals surface area contributed by atoms with E-state index in [-0.39, 0.29) is 5.91 Å². The Morgan fingerprint density at radius 2 is 1.90 bits per heavy atom. The molecule has 0 bridgehead atoms. The van der Waals surface area contributed by atoms with E-state index in [1.165, 1.54) is 0 Å². The first kappa shape index (κ1) is 15.8. The van der Waals surface area contributed by atoms with Gasteiger partial charge in [0.25, 0.3) is 5.91 Å². The third-order valence-corrected chi connectivity index (χ3v) is 3.85. The maximum absolute atomic E-state index is 12.2. The van der Waals surface area contributed by atoms with E-state index in [1.54, 1.807) is 0 Å². The molecule has 0 atom stereocenters. The molecule has 2 N–H and O–H groups in total. The molecule has 0 saturated carbocycles. The van der Waals surface area contributed by atoms with Crippen molar-refractivity contribution in [3.63, 3.8) is 0 Å². The van der Waals surface area contributed by atoms with Crippen molar-refractivity contribution in [1.29, 1.82) is 0 Å². The smallest absolute Gasteiger partial charge is 0.253 e. The highest BCUT2D eigenvalue weighted by Gasteiger charge is 2.19. The van der Waals surface area contributed by atoms with Crippen LogP contribution in [0.15, 0.2) is 24.3 Å². The van der Waals surface area contributed by atoms with Crippen molar-refractivity contribution in [2.45, 2.75) is 32.6 Å². The first-order valence-corrected chi connectivity index (χ1v) is 8.05. The molecular formula is C16H23N3OS. The number of hydrogen-bond donors (Lipinski definition) is 2. The summed E-state index contributed by atoms with van der Waals surface area (Å²) in [7, 11) is 0. The molecular weight excluding hydrogens is 282 g/mol. The van der Waals surface area contributed by atoms with Gasteiger partial charge in [0, 0.05) is 30.9 Å². The van der Waals surface area contributed by atoms with Crippen LogP contribution in [0.2, 0.25) is 0 Å². The number of rotatable bonds is 5. The van der Waals surface area contributed by atoms with Crippen LogP contribution in [0.5, 0.6) is 0 Å². The van der Waals surface area contributed by atoms with Crippen LogP contribution >= 0.6 is 12.2 Å². The van der Waals surface area contributed by atoms with Crippen molar-refractivity contribution in [3.05, 3.63) is 29.8 Å². The summed E-state index contributed by atoms with van der Waals surface area (Å²) in [5, 5.41) is 6.92. The zero-order valence-electron chi connectivity index (χ0n) is 12.5. The lowest BCUT2D eigenvalue weighted by atomic mass is 10.2. The van der Waals surface area contributed by atoms with Gasteiger partial charge in [-0.2, -0.15) is 0 Å². The number of amides is 1. The second-order valence-electron chi connectivity index (χ2n) is 5.31. The number of nitrogens with zero attached hydrogens (tertiary/aromatic N) is 1. The summed E-state index contributed by atoms with van der Waals surface area (Å²) >= 11 is 5.22. The van der Waals surface area contributed by atoms with Crippen LogP contribution in [0.3, 0.4) is 0 Å². The van der Waals surface area contributed by atoms with E-state index in [9.17, 15) is 4.79 Å². The summed E-state index contributed by atoms with van der Waals surface area (Å²) in [6, 6.07) is 7.52. The molecule has 1 aromatic carbocycles. The number of carbonyl (C=O) groups is 1. The van der Waals surface area contributed by atoms with E-state index in [4.69, 9.17) is 12.2 Å². The number of thiocarbonyl (C=S) groups is 1. The predicted octanol–water partition coefficient (Wildman–Crippen LogP) is 3.01. The van der Waals surface area contributed by atoms with Crippen LogP contribution in [0.25, 0.3) is 0 Å². The number of benzene rings is 1. The third-order valence-electron chi connectivity index (χ3n) is 3.60. The summed E-state index contributed by atoms with van der Waals surface area (Å²) in [5.74, 6) is 0.127. The fourth-order valence-electron chi connectivity index (χ4n) is 2.35. The molecule has 2 rings (SSSR count). The number of likely N-dealkylation sites (tertiary alicyclic amines) is 1. The number of anilines is 1. The molecule has 0 unspecified atom stereocenters. The molecule has 0 radical (unpaired) electrons. The van der Waals surface area contributed by atoms with Gasteiger partial charge in [-0.3, -0.25) is 4.79 Å². The topological polar surface area (TPSA) is 44.4 Å². The molecule has 1 heterocycles. The van der Waals surface area contributed by atoms with Crippen LogP contribution in [0.4, 0.5) is 5.69 Å². The SMILES string of the molecule is CCCCNC(=S)Nc1ccc(C(=O)N2CCCC2)cc1. The minimum absolute atomic E-state index is 0.127. The molecule has 1 aliphatic heterocycles. The average Bonchev–Trinajstić information content (AvgIpc) is 3.02. The molecule has 1 amide bonds. The predicted molar refractivity (Wildman–Crippen MR) is 90.7 cm³/mol. The van der Waals surface area contributed by atoms with Crippen molar-refractivity contribution < 1.29 is 4.79 Å². The summed E-state index contributed by atoms with van der Waals surface area (Å²) in [6.07, 6.45) is 4.47. The Morgan fingerprint density at radius 1 is 1.24 bits per heavy atom. The molecule has 114 valence electrons. The van der Waals surface area contributed by atoms with Crippen molar-refractivity contribution in [3.8, 4) is 0 Å². The second kappa shape index (κ2) is 7.98. The molecule has 0 aliphatic carbocycles. The minimum Gasteiger partial charge on any atom is -0.362 e. The van der Waals surface area contributed by atoms with Crippen LogP contribution in [0.1, 0.15) is 43.0 Å². The van der Waals surface area contributed by atoms with E-state index in [2.05, 4.69) is 17.6 Å². The molecule has 1 aliphatic rings. The second-order valence-corrected chi connectivity index (χ2v) is 5.72. The molecule has 21 heavy (non-hydrogen) atoms. The monoisotopic (exact) mass is 305 g/mol. The molecule has 5 heteroatoms. The number of carbonyl (C=O) groups excluding carboxylic acids is 1. The largest absolute Gasteiger partial charge is 0.362 e. The summed E-state index contributed by atoms with van der Waals surface area (Å²) in [6.45, 7) is 4.79. The van der Waals surface area contributed by atoms with E-state index in [0.717, 1.165) is 56.6 Å². The molecule has 0 aromatic heterocycles. The van der Waals surface area contributed by atoms with Crippen molar-refractivity contribution in [2.75, 3.05) is 25.0 Å². The Bertz CT molecular complexity index is 481. The van der Waals surface area contributed by atoms with E-state index >= 15 is 0 Å². The lowest BCUT2D eigenvalue weighted by Crippen LogP contribution is -2.29. The average molecular weight is 305 g/mol. The highest BCUT2D eigenvalue weighted by Crippen LogP contribution is 2.15. The van der Waals surface area contributed by atoms with Crippen LogP contribution in [-0.2, 0) is 0 Å². The number of unbranched alkanes of at least 4 members (excludes halogenated alkanes) is 1. The van der Waals surface area contributed by atoms with Gasteiger partial charge in [0.15, 0.2) is 5.11 Å². The van der Waals surface area contributed by atoms with Gasteiger partial charge in [0.2, 0.25) is 0 Å². The maximum atomic E-state index is 12.2. The van der Waals surface area contributed by atoms with Gasteiger partial charge in [-0.05, 0) is 55.7 Å². The first-order valence-electron chi connectivity index (χ1n) is 7.65. The van der Waals surface area contributed by atoms with Crippen LogP contribution < -0.4 is 10.6 Å². The van der Waals surface area contributed by atoms with Crippen molar-refractivity contribution in [1.82, 2.24) is 10.2 Å². The van der Waals surface area contributed by atoms with E-state index in [1.807, 2.05) is 29.2 Å². The summed E-state index contributed by atoms with van der Waals surface area (Å²) in [4.78, 5) is 14.1. The molecule has 1 fully saturated rings. The molecule has 0 spiro atoms. The Balaban J connectivity index is 1.86. The zero-order chi connectivity index (χ0) is 15.1. The van der Waals surface area contributed by atoms with E-state index in [0.29, 0.717) is 5.11 Å². The van der Waals surface area contributed by atoms with Crippen molar-refractivity contribution in [2.24, 2.45) is 0 Å². The Labute approximate surface area is 131 Å². The highest BCUT2D eigenvalue weighted by atomic mass is 32.1. The normalized spacial score (nSPS) is 14.0. The summed E-state index contributed by atoms with van der Waals surface area (Å²) < 4.78 is 0. The number of hydrogen-bond acceptors (Lipinski definition) is 2.